The monoisotopic (exact) mass is 272 g/mol. The quantitative estimate of drug-likeness (QED) is 0.482. The van der Waals surface area contributed by atoms with E-state index >= 15 is 0 Å². The predicted molar refractivity (Wildman–Crippen MR) is 79.0 cm³/mol. The topological polar surface area (TPSA) is 46.4 Å². The van der Waals surface area contributed by atoms with Crippen molar-refractivity contribution in [1.29, 1.82) is 0 Å². The Bertz CT molecular complexity index is 541. The van der Waals surface area contributed by atoms with Gasteiger partial charge in [0.15, 0.2) is 0 Å². The molecule has 1 aromatic rings. The number of fused-ring (bicyclic) bond motifs is 3. The summed E-state index contributed by atoms with van der Waals surface area (Å²) in [5.74, 6) is 0.451. The number of hydrogen-bond donors (Lipinski definition) is 0. The van der Waals surface area contributed by atoms with Gasteiger partial charge in [0, 0.05) is 30.6 Å². The van der Waals surface area contributed by atoms with Crippen LogP contribution in [-0.4, -0.2) is 29.0 Å². The van der Waals surface area contributed by atoms with Gasteiger partial charge in [-0.2, -0.15) is 0 Å². The molecule has 1 heterocycles. The molecule has 1 saturated heterocycles. The molecule has 1 aliphatic heterocycles. The minimum atomic E-state index is -0.284. The lowest BCUT2D eigenvalue weighted by atomic mass is 9.74. The van der Waals surface area contributed by atoms with Crippen molar-refractivity contribution in [2.75, 3.05) is 13.1 Å². The van der Waals surface area contributed by atoms with Gasteiger partial charge in [-0.3, -0.25) is 15.0 Å². The summed E-state index contributed by atoms with van der Waals surface area (Å²) in [6.07, 6.45) is 6.46. The van der Waals surface area contributed by atoms with Gasteiger partial charge in [-0.25, -0.2) is 0 Å². The Morgan fingerprint density at radius 2 is 2.30 bits per heavy atom. The lowest BCUT2D eigenvalue weighted by molar-refractivity contribution is -0.385. The smallest absolute Gasteiger partial charge is 0.269 e. The standard InChI is InChI=1S/C16H20N2O2/c1-2-9-17-10-3-4-14-15-11-13(18(19)20)7-5-12(15)6-8-16(14)17/h2,5,7,11,14,16H,1,3-4,6,8-10H2/t14-,16-/m0/s1. The number of nitro groups is 1. The second kappa shape index (κ2) is 5.37. The van der Waals surface area contributed by atoms with E-state index < -0.39 is 0 Å². The first-order valence-corrected chi connectivity index (χ1v) is 7.33. The molecule has 1 fully saturated rings. The van der Waals surface area contributed by atoms with Crippen molar-refractivity contribution in [1.82, 2.24) is 4.90 Å². The van der Waals surface area contributed by atoms with Gasteiger partial charge in [0.05, 0.1) is 4.92 Å². The van der Waals surface area contributed by atoms with E-state index in [0.717, 1.165) is 38.8 Å². The maximum Gasteiger partial charge on any atom is 0.269 e. The Balaban J connectivity index is 1.95. The molecular weight excluding hydrogens is 252 g/mol. The average molecular weight is 272 g/mol. The molecule has 0 amide bonds. The number of hydrogen-bond acceptors (Lipinski definition) is 3. The molecule has 4 nitrogen and oxygen atoms in total. The Labute approximate surface area is 119 Å². The van der Waals surface area contributed by atoms with Crippen LogP contribution in [0.25, 0.3) is 0 Å². The van der Waals surface area contributed by atoms with Gasteiger partial charge in [-0.05, 0) is 43.4 Å². The highest BCUT2D eigenvalue weighted by Gasteiger charge is 2.36. The van der Waals surface area contributed by atoms with E-state index in [1.54, 1.807) is 6.07 Å². The van der Waals surface area contributed by atoms with Crippen LogP contribution in [0.1, 0.15) is 36.3 Å². The number of aryl methyl sites for hydroxylation is 1. The normalized spacial score (nSPS) is 25.6. The first-order valence-electron chi connectivity index (χ1n) is 7.33. The number of non-ortho nitro benzene ring substituents is 1. The van der Waals surface area contributed by atoms with Gasteiger partial charge < -0.3 is 0 Å². The zero-order valence-electron chi connectivity index (χ0n) is 11.6. The third-order valence-electron chi connectivity index (χ3n) is 4.71. The van der Waals surface area contributed by atoms with Crippen molar-refractivity contribution in [2.24, 2.45) is 0 Å². The summed E-state index contributed by atoms with van der Waals surface area (Å²) in [5.41, 5.74) is 2.74. The fourth-order valence-corrected chi connectivity index (χ4v) is 3.84. The van der Waals surface area contributed by atoms with E-state index in [0.29, 0.717) is 12.0 Å². The van der Waals surface area contributed by atoms with E-state index in [1.165, 1.54) is 11.1 Å². The van der Waals surface area contributed by atoms with E-state index in [4.69, 9.17) is 0 Å². The molecule has 106 valence electrons. The Hall–Kier alpha value is -1.68. The van der Waals surface area contributed by atoms with Gasteiger partial charge in [-0.15, -0.1) is 6.58 Å². The number of rotatable bonds is 3. The third kappa shape index (κ3) is 2.24. The van der Waals surface area contributed by atoms with Gasteiger partial charge in [-0.1, -0.05) is 12.1 Å². The van der Waals surface area contributed by atoms with Gasteiger partial charge in [0.2, 0.25) is 0 Å². The molecule has 1 aromatic carbocycles. The fraction of sp³-hybridized carbons (Fsp3) is 0.500. The first-order chi connectivity index (χ1) is 9.70. The zero-order chi connectivity index (χ0) is 14.1. The van der Waals surface area contributed by atoms with Crippen molar-refractivity contribution >= 4 is 5.69 Å². The highest BCUT2D eigenvalue weighted by Crippen LogP contribution is 2.41. The molecule has 2 aliphatic rings. The summed E-state index contributed by atoms with van der Waals surface area (Å²) in [7, 11) is 0. The molecule has 1 aliphatic carbocycles. The number of likely N-dealkylation sites (tertiary alicyclic amines) is 1. The summed E-state index contributed by atoms with van der Waals surface area (Å²) in [4.78, 5) is 13.2. The lowest BCUT2D eigenvalue weighted by Gasteiger charge is -2.44. The molecule has 0 spiro atoms. The minimum Gasteiger partial charge on any atom is -0.296 e. The molecule has 0 unspecified atom stereocenters. The molecule has 0 aromatic heterocycles. The van der Waals surface area contributed by atoms with Crippen LogP contribution in [0.4, 0.5) is 5.69 Å². The van der Waals surface area contributed by atoms with Crippen molar-refractivity contribution in [3.8, 4) is 0 Å². The van der Waals surface area contributed by atoms with Crippen molar-refractivity contribution < 1.29 is 4.92 Å². The van der Waals surface area contributed by atoms with Crippen molar-refractivity contribution in [2.45, 2.75) is 37.6 Å². The van der Waals surface area contributed by atoms with Crippen LogP contribution >= 0.6 is 0 Å². The second-order valence-electron chi connectivity index (χ2n) is 5.78. The van der Waals surface area contributed by atoms with E-state index in [-0.39, 0.29) is 10.6 Å². The average Bonchev–Trinajstić information content (AvgIpc) is 2.47. The van der Waals surface area contributed by atoms with Crippen LogP contribution in [-0.2, 0) is 6.42 Å². The summed E-state index contributed by atoms with van der Waals surface area (Å²) < 4.78 is 0. The number of piperidine rings is 1. The molecule has 0 bridgehead atoms. The summed E-state index contributed by atoms with van der Waals surface area (Å²) >= 11 is 0. The highest BCUT2D eigenvalue weighted by molar-refractivity contribution is 5.44. The van der Waals surface area contributed by atoms with E-state index in [1.807, 2.05) is 18.2 Å². The summed E-state index contributed by atoms with van der Waals surface area (Å²) in [6, 6.07) is 5.93. The summed E-state index contributed by atoms with van der Waals surface area (Å²) in [6.45, 7) is 5.89. The van der Waals surface area contributed by atoms with Crippen LogP contribution in [0, 0.1) is 10.1 Å². The maximum atomic E-state index is 11.0. The van der Waals surface area contributed by atoms with Gasteiger partial charge in [0.1, 0.15) is 0 Å². The largest absolute Gasteiger partial charge is 0.296 e. The second-order valence-corrected chi connectivity index (χ2v) is 5.78. The predicted octanol–water partition coefficient (Wildman–Crippen LogP) is 3.28. The van der Waals surface area contributed by atoms with Gasteiger partial charge in [0.25, 0.3) is 5.69 Å². The fourth-order valence-electron chi connectivity index (χ4n) is 3.84. The number of benzene rings is 1. The number of nitro benzene ring substituents is 1. The van der Waals surface area contributed by atoms with Crippen molar-refractivity contribution in [3.05, 3.63) is 52.1 Å². The van der Waals surface area contributed by atoms with E-state index in [2.05, 4.69) is 11.5 Å². The molecule has 0 N–H and O–H groups in total. The van der Waals surface area contributed by atoms with Crippen LogP contribution in [0.5, 0.6) is 0 Å². The molecule has 0 radical (unpaired) electrons. The molecule has 20 heavy (non-hydrogen) atoms. The molecule has 3 rings (SSSR count). The van der Waals surface area contributed by atoms with Crippen molar-refractivity contribution in [3.63, 3.8) is 0 Å². The Morgan fingerprint density at radius 1 is 1.45 bits per heavy atom. The van der Waals surface area contributed by atoms with Crippen LogP contribution in [0.15, 0.2) is 30.9 Å². The summed E-state index contributed by atoms with van der Waals surface area (Å²) in [5, 5.41) is 11.0. The highest BCUT2D eigenvalue weighted by atomic mass is 16.6. The zero-order valence-corrected chi connectivity index (χ0v) is 11.6. The van der Waals surface area contributed by atoms with Crippen LogP contribution in [0.3, 0.4) is 0 Å². The minimum absolute atomic E-state index is 0.227. The first kappa shape index (κ1) is 13.3. The van der Waals surface area contributed by atoms with E-state index in [9.17, 15) is 10.1 Å². The van der Waals surface area contributed by atoms with Crippen LogP contribution < -0.4 is 0 Å². The maximum absolute atomic E-state index is 11.0. The van der Waals surface area contributed by atoms with Gasteiger partial charge >= 0.3 is 0 Å². The molecule has 2 atom stereocenters. The molecular formula is C16H20N2O2. The SMILES string of the molecule is C=CCN1CCC[C@H]2c3cc([N+](=O)[O-])ccc3CC[C@@H]21. The Kier molecular flexibility index (Phi) is 3.57. The molecule has 0 saturated carbocycles. The van der Waals surface area contributed by atoms with Crippen LogP contribution in [0.2, 0.25) is 0 Å². The molecule has 4 heteroatoms. The Morgan fingerprint density at radius 3 is 3.05 bits per heavy atom. The third-order valence-corrected chi connectivity index (χ3v) is 4.71. The lowest BCUT2D eigenvalue weighted by Crippen LogP contribution is -2.46. The number of nitrogens with zero attached hydrogens (tertiary/aromatic N) is 2.